The lowest BCUT2D eigenvalue weighted by atomic mass is 10.1. The molecular weight excluding hydrogens is 376 g/mol. The Bertz CT molecular complexity index is 655. The van der Waals surface area contributed by atoms with E-state index in [9.17, 15) is 0 Å². The highest BCUT2D eigenvalue weighted by molar-refractivity contribution is 6.31. The molecule has 3 aliphatic heterocycles. The number of ether oxygens (including phenoxy) is 7. The fraction of sp³-hybridized carbons (Fsp3) is 0.684. The van der Waals surface area contributed by atoms with E-state index in [1.54, 1.807) is 0 Å². The van der Waals surface area contributed by atoms with Gasteiger partial charge in [-0.25, -0.2) is 0 Å². The molecule has 1 unspecified atom stereocenters. The summed E-state index contributed by atoms with van der Waals surface area (Å²) in [4.78, 5) is 0. The second kappa shape index (κ2) is 7.93. The van der Waals surface area contributed by atoms with Crippen LogP contribution in [0.1, 0.15) is 26.3 Å². The quantitative estimate of drug-likeness (QED) is 0.727. The maximum atomic E-state index is 6.26. The maximum Gasteiger partial charge on any atom is 0.272 e. The molecule has 0 saturated carbocycles. The summed E-state index contributed by atoms with van der Waals surface area (Å²) in [5.41, 5.74) is 0.898. The van der Waals surface area contributed by atoms with Gasteiger partial charge in [-0.15, -0.1) is 0 Å². The van der Waals surface area contributed by atoms with Gasteiger partial charge in [0.2, 0.25) is 0 Å². The summed E-state index contributed by atoms with van der Waals surface area (Å²) >= 11 is 6.26. The molecule has 4 rings (SSSR count). The van der Waals surface area contributed by atoms with Gasteiger partial charge in [0.15, 0.2) is 12.1 Å². The van der Waals surface area contributed by atoms with Crippen molar-refractivity contribution in [1.29, 1.82) is 0 Å². The summed E-state index contributed by atoms with van der Waals surface area (Å²) in [6.45, 7) is 6.09. The Labute approximate surface area is 163 Å². The molecule has 3 saturated heterocycles. The average molecular weight is 401 g/mol. The van der Waals surface area contributed by atoms with E-state index < -0.39 is 24.7 Å². The molecule has 8 heteroatoms. The van der Waals surface area contributed by atoms with Gasteiger partial charge in [0, 0.05) is 11.6 Å². The number of halogens is 1. The molecule has 1 aromatic carbocycles. The molecule has 7 nitrogen and oxygen atoms in total. The SMILES string of the molecule is CCOC1OC[C@H]([C@H]2O[C@@H]3OC(C)(C)O[C@@H]3[C@H]2OCc2ccccc2Cl)O1. The molecule has 0 bridgehead atoms. The topological polar surface area (TPSA) is 64.6 Å². The highest BCUT2D eigenvalue weighted by Gasteiger charge is 2.58. The van der Waals surface area contributed by atoms with Gasteiger partial charge in [0.1, 0.15) is 24.4 Å². The first-order chi connectivity index (χ1) is 13.0. The molecule has 0 aliphatic carbocycles. The number of hydrogen-bond donors (Lipinski definition) is 0. The third-order valence-electron chi connectivity index (χ3n) is 4.77. The van der Waals surface area contributed by atoms with Crippen LogP contribution >= 0.6 is 11.6 Å². The first kappa shape index (κ1) is 19.5. The Morgan fingerprint density at radius 2 is 1.93 bits per heavy atom. The molecule has 1 aromatic rings. The van der Waals surface area contributed by atoms with Gasteiger partial charge in [-0.2, -0.15) is 0 Å². The van der Waals surface area contributed by atoms with Crippen molar-refractivity contribution in [2.45, 2.75) is 70.3 Å². The highest BCUT2D eigenvalue weighted by atomic mass is 35.5. The van der Waals surface area contributed by atoms with Crippen LogP contribution in [0.15, 0.2) is 24.3 Å². The summed E-state index contributed by atoms with van der Waals surface area (Å²) in [5.74, 6) is -0.729. The molecule has 0 aromatic heterocycles. The molecule has 0 spiro atoms. The van der Waals surface area contributed by atoms with Crippen molar-refractivity contribution in [3.05, 3.63) is 34.9 Å². The zero-order chi connectivity index (χ0) is 19.0. The summed E-state index contributed by atoms with van der Waals surface area (Å²) in [6, 6.07) is 7.58. The fourth-order valence-corrected chi connectivity index (χ4v) is 3.78. The van der Waals surface area contributed by atoms with E-state index in [1.807, 2.05) is 45.0 Å². The first-order valence-corrected chi connectivity index (χ1v) is 9.59. The second-order valence-corrected chi connectivity index (χ2v) is 7.60. The van der Waals surface area contributed by atoms with Crippen molar-refractivity contribution in [3.63, 3.8) is 0 Å². The zero-order valence-electron chi connectivity index (χ0n) is 15.6. The monoisotopic (exact) mass is 400 g/mol. The lowest BCUT2D eigenvalue weighted by molar-refractivity contribution is -0.259. The van der Waals surface area contributed by atoms with E-state index in [0.717, 1.165) is 5.56 Å². The molecule has 3 aliphatic rings. The number of fused-ring (bicyclic) bond motifs is 1. The lowest BCUT2D eigenvalue weighted by Crippen LogP contribution is -2.43. The Hall–Kier alpha value is -0.770. The standard InChI is InChI=1S/C19H25ClO7/c1-4-21-18-23-10-13(24-18)14-15(16-17(25-14)27-19(2,3)26-16)22-9-11-7-5-6-8-12(11)20/h5-8,13-18H,4,9-10H2,1-3H3/t13-,14-,15+,16-,17-,18?/m1/s1. The summed E-state index contributed by atoms with van der Waals surface area (Å²) in [7, 11) is 0. The van der Waals surface area contributed by atoms with Crippen molar-refractivity contribution in [1.82, 2.24) is 0 Å². The van der Waals surface area contributed by atoms with Gasteiger partial charge < -0.3 is 33.2 Å². The first-order valence-electron chi connectivity index (χ1n) is 9.21. The largest absolute Gasteiger partial charge is 0.368 e. The van der Waals surface area contributed by atoms with Crippen LogP contribution in [0.2, 0.25) is 5.02 Å². The normalized spacial score (nSPS) is 37.6. The second-order valence-electron chi connectivity index (χ2n) is 7.19. The van der Waals surface area contributed by atoms with E-state index in [0.29, 0.717) is 24.8 Å². The smallest absolute Gasteiger partial charge is 0.272 e. The molecule has 0 amide bonds. The fourth-order valence-electron chi connectivity index (χ4n) is 3.59. The van der Waals surface area contributed by atoms with Crippen molar-refractivity contribution in [3.8, 4) is 0 Å². The third kappa shape index (κ3) is 4.16. The minimum absolute atomic E-state index is 0.333. The minimum atomic E-state index is -0.729. The average Bonchev–Trinajstić information content (AvgIpc) is 3.27. The Morgan fingerprint density at radius 3 is 2.70 bits per heavy atom. The zero-order valence-corrected chi connectivity index (χ0v) is 16.4. The van der Waals surface area contributed by atoms with Crippen LogP contribution in [0.3, 0.4) is 0 Å². The molecule has 3 heterocycles. The van der Waals surface area contributed by atoms with Crippen LogP contribution in [0, 0.1) is 0 Å². The number of rotatable bonds is 6. The maximum absolute atomic E-state index is 6.26. The summed E-state index contributed by atoms with van der Waals surface area (Å²) in [5, 5.41) is 0.658. The molecule has 6 atom stereocenters. The van der Waals surface area contributed by atoms with Crippen LogP contribution in [0.5, 0.6) is 0 Å². The summed E-state index contributed by atoms with van der Waals surface area (Å²) in [6.07, 6.45) is -2.00. The minimum Gasteiger partial charge on any atom is -0.368 e. The van der Waals surface area contributed by atoms with Crippen molar-refractivity contribution in [2.75, 3.05) is 13.2 Å². The highest BCUT2D eigenvalue weighted by Crippen LogP contribution is 2.41. The predicted molar refractivity (Wildman–Crippen MR) is 95.0 cm³/mol. The number of hydrogen-bond acceptors (Lipinski definition) is 7. The van der Waals surface area contributed by atoms with Gasteiger partial charge >= 0.3 is 0 Å². The van der Waals surface area contributed by atoms with Crippen molar-refractivity contribution in [2.24, 2.45) is 0 Å². The van der Waals surface area contributed by atoms with Crippen LogP contribution in [0.4, 0.5) is 0 Å². The van der Waals surface area contributed by atoms with Crippen LogP contribution < -0.4 is 0 Å². The molecule has 0 radical (unpaired) electrons. The Balaban J connectivity index is 1.48. The molecule has 27 heavy (non-hydrogen) atoms. The Kier molecular flexibility index (Phi) is 5.74. The van der Waals surface area contributed by atoms with Gasteiger partial charge in [0.25, 0.3) is 6.48 Å². The van der Waals surface area contributed by atoms with Crippen LogP contribution in [-0.4, -0.2) is 56.2 Å². The van der Waals surface area contributed by atoms with Gasteiger partial charge in [-0.1, -0.05) is 29.8 Å². The summed E-state index contributed by atoms with van der Waals surface area (Å²) < 4.78 is 40.9. The van der Waals surface area contributed by atoms with Crippen molar-refractivity contribution >= 4 is 11.6 Å². The van der Waals surface area contributed by atoms with Crippen LogP contribution in [-0.2, 0) is 39.8 Å². The predicted octanol–water partition coefficient (Wildman–Crippen LogP) is 2.84. The lowest BCUT2D eigenvalue weighted by Gasteiger charge is -2.28. The van der Waals surface area contributed by atoms with Crippen LogP contribution in [0.25, 0.3) is 0 Å². The van der Waals surface area contributed by atoms with E-state index in [-0.39, 0.29) is 18.3 Å². The van der Waals surface area contributed by atoms with E-state index in [1.165, 1.54) is 0 Å². The van der Waals surface area contributed by atoms with E-state index in [4.69, 9.17) is 44.8 Å². The Morgan fingerprint density at radius 1 is 1.11 bits per heavy atom. The molecular formula is C19H25ClO7. The molecule has 0 N–H and O–H groups in total. The number of benzene rings is 1. The van der Waals surface area contributed by atoms with E-state index in [2.05, 4.69) is 0 Å². The van der Waals surface area contributed by atoms with Gasteiger partial charge in [-0.05, 0) is 32.4 Å². The van der Waals surface area contributed by atoms with E-state index >= 15 is 0 Å². The third-order valence-corrected chi connectivity index (χ3v) is 5.14. The van der Waals surface area contributed by atoms with Crippen molar-refractivity contribution < 1.29 is 33.2 Å². The van der Waals surface area contributed by atoms with Gasteiger partial charge in [-0.3, -0.25) is 0 Å². The molecule has 150 valence electrons. The van der Waals surface area contributed by atoms with Gasteiger partial charge in [0.05, 0.1) is 13.2 Å². The molecule has 3 fully saturated rings.